The molecule has 0 aliphatic rings. The largest absolute Gasteiger partial charge is 0.345 e. The van der Waals surface area contributed by atoms with Crippen molar-refractivity contribution in [3.63, 3.8) is 0 Å². The van der Waals surface area contributed by atoms with Crippen LogP contribution in [-0.2, 0) is 0 Å². The summed E-state index contributed by atoms with van der Waals surface area (Å²) in [5.41, 5.74) is 4.08. The standard InChI is InChI=1S/C21H18BrNO/c1-15(23-21(24)19-9-5-6-10-20(19)22)16-11-13-18(14-12-16)17-7-3-2-4-8-17/h2-15H,1H3,(H,23,24)/t15-/m1/s1. The van der Waals surface area contributed by atoms with Crippen molar-refractivity contribution in [1.82, 2.24) is 5.32 Å². The summed E-state index contributed by atoms with van der Waals surface area (Å²) in [4.78, 5) is 12.4. The van der Waals surface area contributed by atoms with Crippen molar-refractivity contribution in [2.75, 3.05) is 0 Å². The molecule has 0 unspecified atom stereocenters. The van der Waals surface area contributed by atoms with Crippen LogP contribution in [-0.4, -0.2) is 5.91 Å². The predicted octanol–water partition coefficient (Wildman–Crippen LogP) is 5.61. The molecule has 0 aromatic heterocycles. The van der Waals surface area contributed by atoms with Crippen LogP contribution in [0, 0.1) is 0 Å². The number of nitrogens with one attached hydrogen (secondary N) is 1. The molecule has 1 N–H and O–H groups in total. The average Bonchev–Trinajstić information content (AvgIpc) is 2.63. The summed E-state index contributed by atoms with van der Waals surface area (Å²) in [5, 5.41) is 3.04. The van der Waals surface area contributed by atoms with E-state index < -0.39 is 0 Å². The Morgan fingerprint density at radius 3 is 2.08 bits per heavy atom. The minimum Gasteiger partial charge on any atom is -0.345 e. The molecule has 1 atom stereocenters. The molecule has 0 saturated carbocycles. The number of halogens is 1. The van der Waals surface area contributed by atoms with Crippen LogP contribution >= 0.6 is 15.9 Å². The maximum absolute atomic E-state index is 12.4. The highest BCUT2D eigenvalue weighted by atomic mass is 79.9. The summed E-state index contributed by atoms with van der Waals surface area (Å²) >= 11 is 3.42. The Bertz CT molecular complexity index is 828. The molecule has 0 aliphatic carbocycles. The van der Waals surface area contributed by atoms with Crippen molar-refractivity contribution in [3.05, 3.63) is 94.5 Å². The van der Waals surface area contributed by atoms with Gasteiger partial charge in [0.15, 0.2) is 0 Å². The quantitative estimate of drug-likeness (QED) is 0.627. The van der Waals surface area contributed by atoms with Crippen molar-refractivity contribution in [1.29, 1.82) is 0 Å². The SMILES string of the molecule is C[C@@H](NC(=O)c1ccccc1Br)c1ccc(-c2ccccc2)cc1. The van der Waals surface area contributed by atoms with E-state index in [0.717, 1.165) is 10.0 Å². The molecule has 0 spiro atoms. The van der Waals surface area contributed by atoms with E-state index in [1.54, 1.807) is 0 Å². The number of hydrogen-bond acceptors (Lipinski definition) is 1. The zero-order valence-corrected chi connectivity index (χ0v) is 15.0. The van der Waals surface area contributed by atoms with Crippen LogP contribution in [0.4, 0.5) is 0 Å². The van der Waals surface area contributed by atoms with Gasteiger partial charge in [-0.2, -0.15) is 0 Å². The second kappa shape index (κ2) is 7.45. The van der Waals surface area contributed by atoms with Crippen molar-refractivity contribution in [2.45, 2.75) is 13.0 Å². The van der Waals surface area contributed by atoms with E-state index in [1.807, 2.05) is 49.4 Å². The van der Waals surface area contributed by atoms with E-state index in [0.29, 0.717) is 5.56 Å². The first kappa shape index (κ1) is 16.5. The van der Waals surface area contributed by atoms with Gasteiger partial charge in [0.05, 0.1) is 11.6 Å². The summed E-state index contributed by atoms with van der Waals surface area (Å²) in [7, 11) is 0. The van der Waals surface area contributed by atoms with E-state index in [-0.39, 0.29) is 11.9 Å². The van der Waals surface area contributed by atoms with E-state index in [4.69, 9.17) is 0 Å². The minimum atomic E-state index is -0.0814. The fourth-order valence-corrected chi connectivity index (χ4v) is 3.06. The van der Waals surface area contributed by atoms with Crippen LogP contribution in [0.3, 0.4) is 0 Å². The maximum atomic E-state index is 12.4. The van der Waals surface area contributed by atoms with Crippen LogP contribution in [0.15, 0.2) is 83.3 Å². The molecule has 0 aliphatic heterocycles. The van der Waals surface area contributed by atoms with Gasteiger partial charge in [-0.05, 0) is 51.7 Å². The molecular formula is C21H18BrNO. The molecule has 2 nitrogen and oxygen atoms in total. The lowest BCUT2D eigenvalue weighted by Crippen LogP contribution is -2.26. The third-order valence-electron chi connectivity index (χ3n) is 3.98. The molecule has 0 radical (unpaired) electrons. The number of amides is 1. The number of hydrogen-bond donors (Lipinski definition) is 1. The van der Waals surface area contributed by atoms with E-state index >= 15 is 0 Å². The monoisotopic (exact) mass is 379 g/mol. The molecule has 1 amide bonds. The third-order valence-corrected chi connectivity index (χ3v) is 4.68. The smallest absolute Gasteiger partial charge is 0.252 e. The fourth-order valence-electron chi connectivity index (χ4n) is 2.60. The van der Waals surface area contributed by atoms with Crippen LogP contribution in [0.2, 0.25) is 0 Å². The van der Waals surface area contributed by atoms with Gasteiger partial charge in [0, 0.05) is 4.47 Å². The van der Waals surface area contributed by atoms with Crippen molar-refractivity contribution in [2.24, 2.45) is 0 Å². The first-order valence-electron chi connectivity index (χ1n) is 7.86. The van der Waals surface area contributed by atoms with Crippen LogP contribution in [0.25, 0.3) is 11.1 Å². The number of carbonyl (C=O) groups excluding carboxylic acids is 1. The molecule has 120 valence electrons. The van der Waals surface area contributed by atoms with Gasteiger partial charge in [-0.3, -0.25) is 4.79 Å². The molecule has 0 heterocycles. The summed E-state index contributed by atoms with van der Waals surface area (Å²) in [6.07, 6.45) is 0. The topological polar surface area (TPSA) is 29.1 Å². The summed E-state index contributed by atoms with van der Waals surface area (Å²) in [5.74, 6) is -0.0814. The predicted molar refractivity (Wildman–Crippen MR) is 102 cm³/mol. The Hall–Kier alpha value is -2.39. The molecule has 24 heavy (non-hydrogen) atoms. The molecule has 0 saturated heterocycles. The molecule has 0 bridgehead atoms. The lowest BCUT2D eigenvalue weighted by Gasteiger charge is -2.15. The highest BCUT2D eigenvalue weighted by Gasteiger charge is 2.13. The van der Waals surface area contributed by atoms with Crippen molar-refractivity contribution in [3.8, 4) is 11.1 Å². The van der Waals surface area contributed by atoms with Crippen LogP contribution in [0.5, 0.6) is 0 Å². The zero-order chi connectivity index (χ0) is 16.9. The van der Waals surface area contributed by atoms with E-state index in [1.165, 1.54) is 11.1 Å². The number of rotatable bonds is 4. The third kappa shape index (κ3) is 3.74. The van der Waals surface area contributed by atoms with Crippen LogP contribution < -0.4 is 5.32 Å². The lowest BCUT2D eigenvalue weighted by molar-refractivity contribution is 0.0939. The van der Waals surface area contributed by atoms with Crippen LogP contribution in [0.1, 0.15) is 28.9 Å². The van der Waals surface area contributed by atoms with Gasteiger partial charge in [0.2, 0.25) is 0 Å². The van der Waals surface area contributed by atoms with Gasteiger partial charge < -0.3 is 5.32 Å². The van der Waals surface area contributed by atoms with Gasteiger partial charge in [-0.15, -0.1) is 0 Å². The Morgan fingerprint density at radius 1 is 0.833 bits per heavy atom. The first-order chi connectivity index (χ1) is 11.6. The van der Waals surface area contributed by atoms with Gasteiger partial charge in [0.25, 0.3) is 5.91 Å². The summed E-state index contributed by atoms with van der Waals surface area (Å²) in [6.45, 7) is 1.99. The first-order valence-corrected chi connectivity index (χ1v) is 8.65. The van der Waals surface area contributed by atoms with Crippen molar-refractivity contribution < 1.29 is 4.79 Å². The minimum absolute atomic E-state index is 0.0607. The van der Waals surface area contributed by atoms with E-state index in [9.17, 15) is 4.79 Å². The molecule has 3 rings (SSSR count). The van der Waals surface area contributed by atoms with Crippen molar-refractivity contribution >= 4 is 21.8 Å². The molecule has 3 aromatic rings. The second-order valence-electron chi connectivity index (χ2n) is 5.66. The molecule has 3 aromatic carbocycles. The summed E-state index contributed by atoms with van der Waals surface area (Å²) in [6, 6.07) is 25.9. The van der Waals surface area contributed by atoms with E-state index in [2.05, 4.69) is 57.6 Å². The highest BCUT2D eigenvalue weighted by molar-refractivity contribution is 9.10. The highest BCUT2D eigenvalue weighted by Crippen LogP contribution is 2.22. The Balaban J connectivity index is 1.73. The lowest BCUT2D eigenvalue weighted by atomic mass is 10.0. The second-order valence-corrected chi connectivity index (χ2v) is 6.52. The fraction of sp³-hybridized carbons (Fsp3) is 0.0952. The van der Waals surface area contributed by atoms with Gasteiger partial charge in [-0.1, -0.05) is 66.7 Å². The Labute approximate surface area is 150 Å². The average molecular weight is 380 g/mol. The number of carbonyl (C=O) groups is 1. The molecule has 3 heteroatoms. The van der Waals surface area contributed by atoms with Gasteiger partial charge in [-0.25, -0.2) is 0 Å². The number of benzene rings is 3. The molecular weight excluding hydrogens is 362 g/mol. The Kier molecular flexibility index (Phi) is 5.11. The molecule has 0 fully saturated rings. The van der Waals surface area contributed by atoms with Gasteiger partial charge >= 0.3 is 0 Å². The summed E-state index contributed by atoms with van der Waals surface area (Å²) < 4.78 is 0.800. The normalized spacial score (nSPS) is 11.8. The van der Waals surface area contributed by atoms with Gasteiger partial charge in [0.1, 0.15) is 0 Å². The zero-order valence-electron chi connectivity index (χ0n) is 13.4. The Morgan fingerprint density at radius 2 is 1.42 bits per heavy atom. The maximum Gasteiger partial charge on any atom is 0.252 e.